The number of methoxy groups -OCH3 is 2. The number of amides is 2. The molecular weight excluding hydrogens is 440 g/mol. The topological polar surface area (TPSA) is 146 Å². The summed E-state index contributed by atoms with van der Waals surface area (Å²) in [5.74, 6) is -0.739. The molecule has 1 heterocycles. The fourth-order valence-electron chi connectivity index (χ4n) is 3.52. The van der Waals surface area contributed by atoms with Crippen LogP contribution in [0, 0.1) is 0 Å². The zero-order valence-corrected chi connectivity index (χ0v) is 19.3. The van der Waals surface area contributed by atoms with Crippen molar-refractivity contribution < 1.29 is 29.0 Å². The molecule has 3 aromatic rings. The van der Waals surface area contributed by atoms with Gasteiger partial charge in [0.1, 0.15) is 5.82 Å². The molecular formula is C24H26N4O6. The Balaban J connectivity index is 1.81. The average molecular weight is 466 g/mol. The van der Waals surface area contributed by atoms with Gasteiger partial charge in [0.25, 0.3) is 5.91 Å². The zero-order chi connectivity index (χ0) is 25.0. The van der Waals surface area contributed by atoms with Crippen molar-refractivity contribution in [3.8, 4) is 11.5 Å². The summed E-state index contributed by atoms with van der Waals surface area (Å²) in [5.41, 5.74) is 5.96. The molecule has 178 valence electrons. The number of hydrogen-bond donors (Lipinski definition) is 3. The Kier molecular flexibility index (Phi) is 6.90. The molecule has 0 spiro atoms. The minimum atomic E-state index is -1.16. The van der Waals surface area contributed by atoms with Gasteiger partial charge in [0.2, 0.25) is 5.91 Å². The molecule has 34 heavy (non-hydrogen) atoms. The van der Waals surface area contributed by atoms with E-state index in [2.05, 4.69) is 10.3 Å². The summed E-state index contributed by atoms with van der Waals surface area (Å²) in [6.45, 7) is 1.67. The maximum Gasteiger partial charge on any atom is 0.356 e. The number of anilines is 1. The quantitative estimate of drug-likeness (QED) is 0.439. The number of primary amides is 1. The SMILES string of the molecule is COc1ccc(C(=O)Nc2ccc(C(C)(Cc3nc(C(=O)O)cn3C)C(N)=O)cc2)cc1OC. The molecule has 0 radical (unpaired) electrons. The van der Waals surface area contributed by atoms with Crippen molar-refractivity contribution in [1.82, 2.24) is 9.55 Å². The third-order valence-corrected chi connectivity index (χ3v) is 5.67. The lowest BCUT2D eigenvalue weighted by molar-refractivity contribution is -0.123. The number of nitrogens with zero attached hydrogens (tertiary/aromatic N) is 2. The van der Waals surface area contributed by atoms with Gasteiger partial charge < -0.3 is 30.2 Å². The van der Waals surface area contributed by atoms with Gasteiger partial charge in [-0.25, -0.2) is 9.78 Å². The van der Waals surface area contributed by atoms with E-state index in [1.807, 2.05) is 0 Å². The number of nitrogens with one attached hydrogen (secondary N) is 1. The lowest BCUT2D eigenvalue weighted by atomic mass is 9.78. The van der Waals surface area contributed by atoms with Crippen molar-refractivity contribution in [2.45, 2.75) is 18.8 Å². The molecule has 10 heteroatoms. The second-order valence-corrected chi connectivity index (χ2v) is 7.93. The number of ether oxygens (including phenoxy) is 2. The second-order valence-electron chi connectivity index (χ2n) is 7.93. The number of carboxylic acid groups (broad SMARTS) is 1. The first kappa shape index (κ1) is 24.3. The molecule has 0 saturated carbocycles. The van der Waals surface area contributed by atoms with Gasteiger partial charge in [-0.1, -0.05) is 12.1 Å². The Hall–Kier alpha value is -4.34. The van der Waals surface area contributed by atoms with Crippen LogP contribution in [0.1, 0.15) is 39.2 Å². The largest absolute Gasteiger partial charge is 0.493 e. The van der Waals surface area contributed by atoms with E-state index < -0.39 is 17.3 Å². The molecule has 2 amide bonds. The number of imidazole rings is 1. The second kappa shape index (κ2) is 9.65. The molecule has 2 aromatic carbocycles. The van der Waals surface area contributed by atoms with E-state index in [1.165, 1.54) is 20.4 Å². The van der Waals surface area contributed by atoms with Crippen LogP contribution < -0.4 is 20.5 Å². The molecule has 3 rings (SSSR count). The molecule has 0 fully saturated rings. The third-order valence-electron chi connectivity index (χ3n) is 5.67. The highest BCUT2D eigenvalue weighted by molar-refractivity contribution is 6.04. The first-order valence-corrected chi connectivity index (χ1v) is 10.3. The first-order valence-electron chi connectivity index (χ1n) is 10.3. The van der Waals surface area contributed by atoms with E-state index in [0.29, 0.717) is 34.1 Å². The maximum absolute atomic E-state index is 12.7. The summed E-state index contributed by atoms with van der Waals surface area (Å²) in [5, 5.41) is 12.0. The summed E-state index contributed by atoms with van der Waals surface area (Å²) in [7, 11) is 4.66. The fourth-order valence-corrected chi connectivity index (χ4v) is 3.52. The number of aromatic nitrogens is 2. The number of benzene rings is 2. The minimum Gasteiger partial charge on any atom is -0.493 e. The monoisotopic (exact) mass is 466 g/mol. The van der Waals surface area contributed by atoms with Crippen LogP contribution in [0.4, 0.5) is 5.69 Å². The Labute approximate surface area is 196 Å². The van der Waals surface area contributed by atoms with Crippen molar-refractivity contribution in [3.05, 3.63) is 71.3 Å². The van der Waals surface area contributed by atoms with Crippen molar-refractivity contribution in [2.24, 2.45) is 12.8 Å². The molecule has 1 unspecified atom stereocenters. The van der Waals surface area contributed by atoms with Gasteiger partial charge in [-0.2, -0.15) is 0 Å². The summed E-state index contributed by atoms with van der Waals surface area (Å²) in [6, 6.07) is 11.5. The molecule has 0 aliphatic heterocycles. The maximum atomic E-state index is 12.7. The van der Waals surface area contributed by atoms with Crippen molar-refractivity contribution in [1.29, 1.82) is 0 Å². The number of aromatic carboxylic acids is 1. The zero-order valence-electron chi connectivity index (χ0n) is 19.3. The standard InChI is InChI=1S/C24H26N4O6/c1-24(23(25)32,12-20-27-17(22(30)31)13-28(20)2)15-6-8-16(9-7-15)26-21(29)14-5-10-18(33-3)19(11-14)34-4/h5-11,13H,12H2,1-4H3,(H2,25,32)(H,26,29)(H,30,31). The molecule has 1 aromatic heterocycles. The molecule has 0 aliphatic rings. The van der Waals surface area contributed by atoms with Gasteiger partial charge in [0.05, 0.1) is 19.6 Å². The predicted octanol–water partition coefficient (Wildman–Crippen LogP) is 2.37. The van der Waals surface area contributed by atoms with E-state index in [9.17, 15) is 19.5 Å². The number of aryl methyl sites for hydroxylation is 1. The third kappa shape index (κ3) is 4.85. The fraction of sp³-hybridized carbons (Fsp3) is 0.250. The van der Waals surface area contributed by atoms with Crippen molar-refractivity contribution in [2.75, 3.05) is 19.5 Å². The highest BCUT2D eigenvalue weighted by atomic mass is 16.5. The summed E-state index contributed by atoms with van der Waals surface area (Å²) in [6.07, 6.45) is 1.48. The van der Waals surface area contributed by atoms with Crippen LogP contribution >= 0.6 is 0 Å². The highest BCUT2D eigenvalue weighted by Gasteiger charge is 2.35. The van der Waals surface area contributed by atoms with E-state index in [1.54, 1.807) is 61.0 Å². The van der Waals surface area contributed by atoms with Crippen LogP contribution in [0.2, 0.25) is 0 Å². The van der Waals surface area contributed by atoms with Gasteiger partial charge in [-0.3, -0.25) is 9.59 Å². The van der Waals surface area contributed by atoms with Crippen LogP contribution in [0.25, 0.3) is 0 Å². The molecule has 0 aliphatic carbocycles. The van der Waals surface area contributed by atoms with Gasteiger partial charge >= 0.3 is 5.97 Å². The first-order chi connectivity index (χ1) is 16.1. The Morgan fingerprint density at radius 1 is 1.09 bits per heavy atom. The van der Waals surface area contributed by atoms with Gasteiger partial charge in [0.15, 0.2) is 17.2 Å². The number of carboxylic acids is 1. The number of nitrogens with two attached hydrogens (primary N) is 1. The van der Waals surface area contributed by atoms with Crippen LogP contribution in [-0.2, 0) is 23.7 Å². The van der Waals surface area contributed by atoms with Crippen LogP contribution in [0.5, 0.6) is 11.5 Å². The van der Waals surface area contributed by atoms with E-state index in [0.717, 1.165) is 0 Å². The molecule has 1 atom stereocenters. The number of carbonyl (C=O) groups excluding carboxylic acids is 2. The molecule has 0 bridgehead atoms. The lowest BCUT2D eigenvalue weighted by Gasteiger charge is -2.26. The Bertz CT molecular complexity index is 1230. The van der Waals surface area contributed by atoms with Crippen LogP contribution in [0.3, 0.4) is 0 Å². The van der Waals surface area contributed by atoms with Gasteiger partial charge in [-0.05, 0) is 42.8 Å². The predicted molar refractivity (Wildman–Crippen MR) is 124 cm³/mol. The normalized spacial score (nSPS) is 12.5. The van der Waals surface area contributed by atoms with Crippen molar-refractivity contribution >= 4 is 23.5 Å². The Morgan fingerprint density at radius 3 is 2.26 bits per heavy atom. The Morgan fingerprint density at radius 2 is 1.74 bits per heavy atom. The van der Waals surface area contributed by atoms with E-state index >= 15 is 0 Å². The number of hydrogen-bond acceptors (Lipinski definition) is 6. The van der Waals surface area contributed by atoms with E-state index in [4.69, 9.17) is 15.2 Å². The summed E-state index contributed by atoms with van der Waals surface area (Å²) >= 11 is 0. The van der Waals surface area contributed by atoms with Crippen LogP contribution in [0.15, 0.2) is 48.7 Å². The van der Waals surface area contributed by atoms with Crippen LogP contribution in [-0.4, -0.2) is 46.7 Å². The molecule has 4 N–H and O–H groups in total. The minimum absolute atomic E-state index is 0.101. The average Bonchev–Trinajstić information content (AvgIpc) is 3.19. The smallest absolute Gasteiger partial charge is 0.356 e. The summed E-state index contributed by atoms with van der Waals surface area (Å²) < 4.78 is 12.0. The van der Waals surface area contributed by atoms with Gasteiger partial charge in [0, 0.05) is 30.9 Å². The molecule has 10 nitrogen and oxygen atoms in total. The van der Waals surface area contributed by atoms with Gasteiger partial charge in [-0.15, -0.1) is 0 Å². The highest BCUT2D eigenvalue weighted by Crippen LogP contribution is 2.30. The van der Waals surface area contributed by atoms with Crippen molar-refractivity contribution in [3.63, 3.8) is 0 Å². The lowest BCUT2D eigenvalue weighted by Crippen LogP contribution is -2.41. The molecule has 0 saturated heterocycles. The summed E-state index contributed by atoms with van der Waals surface area (Å²) in [4.78, 5) is 40.4. The van der Waals surface area contributed by atoms with E-state index in [-0.39, 0.29) is 18.0 Å². The number of rotatable bonds is 9. The number of carbonyl (C=O) groups is 3.